The van der Waals surface area contributed by atoms with Crippen LogP contribution in [0.25, 0.3) is 5.69 Å². The summed E-state index contributed by atoms with van der Waals surface area (Å²) in [5.74, 6) is 1.06. The predicted octanol–water partition coefficient (Wildman–Crippen LogP) is 4.45. The summed E-state index contributed by atoms with van der Waals surface area (Å²) < 4.78 is 7.20. The molecule has 0 fully saturated rings. The lowest BCUT2D eigenvalue weighted by Gasteiger charge is -2.27. The lowest BCUT2D eigenvalue weighted by molar-refractivity contribution is -0.127. The minimum Gasteiger partial charge on any atom is -0.467 e. The first-order valence-corrected chi connectivity index (χ1v) is 11.1. The van der Waals surface area contributed by atoms with E-state index in [0.717, 1.165) is 42.0 Å². The van der Waals surface area contributed by atoms with Crippen LogP contribution in [0.2, 0.25) is 0 Å². The zero-order valence-corrected chi connectivity index (χ0v) is 18.1. The van der Waals surface area contributed by atoms with Gasteiger partial charge in [-0.15, -0.1) is 5.10 Å². The average molecular weight is 424 g/mol. The topological polar surface area (TPSA) is 77.1 Å². The third kappa shape index (κ3) is 4.48. The van der Waals surface area contributed by atoms with Crippen molar-refractivity contribution >= 4 is 17.7 Å². The van der Waals surface area contributed by atoms with Gasteiger partial charge in [0, 0.05) is 5.70 Å². The van der Waals surface area contributed by atoms with Crippen LogP contribution in [-0.2, 0) is 11.3 Å². The number of hydrogen-bond acceptors (Lipinski definition) is 6. The second-order valence-electron chi connectivity index (χ2n) is 7.38. The number of hydrogen-bond donors (Lipinski definition) is 0. The number of aryl methyl sites for hydroxylation is 1. The molecule has 1 amide bonds. The first-order chi connectivity index (χ1) is 14.6. The van der Waals surface area contributed by atoms with Gasteiger partial charge < -0.3 is 9.32 Å². The Labute approximate surface area is 180 Å². The Bertz CT molecular complexity index is 1040. The molecule has 0 N–H and O–H groups in total. The van der Waals surface area contributed by atoms with Gasteiger partial charge >= 0.3 is 0 Å². The molecule has 0 saturated heterocycles. The minimum absolute atomic E-state index is 0.0278. The van der Waals surface area contributed by atoms with Crippen molar-refractivity contribution in [2.45, 2.75) is 51.2 Å². The summed E-state index contributed by atoms with van der Waals surface area (Å²) in [6.07, 6.45) is 8.01. The molecule has 4 rings (SSSR count). The Morgan fingerprint density at radius 1 is 1.23 bits per heavy atom. The van der Waals surface area contributed by atoms with Gasteiger partial charge in [0.2, 0.25) is 11.1 Å². The van der Waals surface area contributed by atoms with E-state index < -0.39 is 0 Å². The first-order valence-electron chi connectivity index (χ1n) is 10.1. The molecule has 1 aliphatic carbocycles. The molecule has 1 aliphatic rings. The number of rotatable bonds is 7. The zero-order valence-electron chi connectivity index (χ0n) is 17.2. The van der Waals surface area contributed by atoms with E-state index in [0.29, 0.717) is 11.7 Å². The number of carbonyl (C=O) groups is 1. The van der Waals surface area contributed by atoms with Crippen LogP contribution in [0.3, 0.4) is 0 Å². The number of carbonyl (C=O) groups excluding carboxylic acids is 1. The van der Waals surface area contributed by atoms with E-state index in [2.05, 4.69) is 34.6 Å². The van der Waals surface area contributed by atoms with Crippen molar-refractivity contribution in [3.63, 3.8) is 0 Å². The fourth-order valence-electron chi connectivity index (χ4n) is 3.56. The van der Waals surface area contributed by atoms with Crippen molar-refractivity contribution in [2.75, 3.05) is 5.75 Å². The molecule has 0 saturated carbocycles. The van der Waals surface area contributed by atoms with Gasteiger partial charge in [-0.05, 0) is 79.3 Å². The SMILES string of the molecule is Cc1cccc(-n2nnnc2SCC(=O)N(Cc2ccco2)C2=CCCCC2)c1C. The second kappa shape index (κ2) is 9.30. The summed E-state index contributed by atoms with van der Waals surface area (Å²) in [5, 5.41) is 12.7. The van der Waals surface area contributed by atoms with Gasteiger partial charge in [-0.3, -0.25) is 4.79 Å². The second-order valence-corrected chi connectivity index (χ2v) is 8.32. The Balaban J connectivity index is 1.51. The number of benzene rings is 1. The quantitative estimate of drug-likeness (QED) is 0.523. The number of allylic oxidation sites excluding steroid dienone is 2. The van der Waals surface area contributed by atoms with Crippen LogP contribution in [0, 0.1) is 13.8 Å². The van der Waals surface area contributed by atoms with Gasteiger partial charge in [0.15, 0.2) is 0 Å². The van der Waals surface area contributed by atoms with Gasteiger partial charge in [-0.1, -0.05) is 30.0 Å². The first kappa shape index (κ1) is 20.4. The summed E-state index contributed by atoms with van der Waals surface area (Å²) in [5.41, 5.74) is 4.29. The summed E-state index contributed by atoms with van der Waals surface area (Å²) in [6, 6.07) is 9.78. The predicted molar refractivity (Wildman–Crippen MR) is 115 cm³/mol. The highest BCUT2D eigenvalue weighted by Crippen LogP contribution is 2.26. The largest absolute Gasteiger partial charge is 0.467 e. The molecule has 3 aromatic rings. The molecule has 0 aliphatic heterocycles. The number of tetrazole rings is 1. The van der Waals surface area contributed by atoms with Crippen LogP contribution < -0.4 is 0 Å². The molecule has 0 spiro atoms. The monoisotopic (exact) mass is 423 g/mol. The highest BCUT2D eigenvalue weighted by molar-refractivity contribution is 7.99. The van der Waals surface area contributed by atoms with Crippen molar-refractivity contribution in [1.29, 1.82) is 0 Å². The number of amides is 1. The molecule has 0 bridgehead atoms. The molecule has 0 radical (unpaired) electrons. The normalized spacial score (nSPS) is 13.9. The molecule has 2 aromatic heterocycles. The summed E-state index contributed by atoms with van der Waals surface area (Å²) in [6.45, 7) is 4.55. The molecule has 30 heavy (non-hydrogen) atoms. The fraction of sp³-hybridized carbons (Fsp3) is 0.364. The molecular formula is C22H25N5O2S. The maximum absolute atomic E-state index is 13.2. The van der Waals surface area contributed by atoms with E-state index in [4.69, 9.17) is 4.42 Å². The highest BCUT2D eigenvalue weighted by Gasteiger charge is 2.22. The third-order valence-electron chi connectivity index (χ3n) is 5.38. The van der Waals surface area contributed by atoms with E-state index in [9.17, 15) is 4.79 Å². The van der Waals surface area contributed by atoms with Gasteiger partial charge in [-0.2, -0.15) is 4.68 Å². The molecule has 1 aromatic carbocycles. The minimum atomic E-state index is 0.0278. The number of furan rings is 1. The lowest BCUT2D eigenvalue weighted by Crippen LogP contribution is -2.32. The number of thioether (sulfide) groups is 1. The Hall–Kier alpha value is -2.87. The number of nitrogens with zero attached hydrogens (tertiary/aromatic N) is 5. The average Bonchev–Trinajstić information content (AvgIpc) is 3.45. The van der Waals surface area contributed by atoms with Crippen LogP contribution in [0.15, 0.2) is 57.9 Å². The maximum atomic E-state index is 13.2. The van der Waals surface area contributed by atoms with Crippen LogP contribution in [-0.4, -0.2) is 36.8 Å². The van der Waals surface area contributed by atoms with Gasteiger partial charge in [0.05, 0.1) is 24.2 Å². The van der Waals surface area contributed by atoms with Crippen molar-refractivity contribution in [3.05, 3.63) is 65.3 Å². The Morgan fingerprint density at radius 3 is 2.90 bits per heavy atom. The Morgan fingerprint density at radius 2 is 2.13 bits per heavy atom. The third-order valence-corrected chi connectivity index (χ3v) is 6.28. The van der Waals surface area contributed by atoms with E-state index in [1.807, 2.05) is 36.1 Å². The van der Waals surface area contributed by atoms with Gasteiger partial charge in [-0.25, -0.2) is 0 Å². The van der Waals surface area contributed by atoms with Gasteiger partial charge in [0.1, 0.15) is 5.76 Å². The molecule has 0 unspecified atom stereocenters. The van der Waals surface area contributed by atoms with Crippen molar-refractivity contribution < 1.29 is 9.21 Å². The van der Waals surface area contributed by atoms with E-state index in [-0.39, 0.29) is 11.7 Å². The molecule has 7 nitrogen and oxygen atoms in total. The van der Waals surface area contributed by atoms with Gasteiger partial charge in [0.25, 0.3) is 0 Å². The molecule has 2 heterocycles. The highest BCUT2D eigenvalue weighted by atomic mass is 32.2. The van der Waals surface area contributed by atoms with Crippen molar-refractivity contribution in [1.82, 2.24) is 25.1 Å². The maximum Gasteiger partial charge on any atom is 0.237 e. The Kier molecular flexibility index (Phi) is 6.32. The van der Waals surface area contributed by atoms with Crippen molar-refractivity contribution in [2.24, 2.45) is 0 Å². The van der Waals surface area contributed by atoms with Crippen LogP contribution in [0.5, 0.6) is 0 Å². The zero-order chi connectivity index (χ0) is 20.9. The van der Waals surface area contributed by atoms with E-state index >= 15 is 0 Å². The molecular weight excluding hydrogens is 398 g/mol. The van der Waals surface area contributed by atoms with E-state index in [1.54, 1.807) is 10.9 Å². The van der Waals surface area contributed by atoms with Crippen LogP contribution >= 0.6 is 11.8 Å². The summed E-state index contributed by atoms with van der Waals surface area (Å²) in [7, 11) is 0. The van der Waals surface area contributed by atoms with Crippen LogP contribution in [0.4, 0.5) is 0 Å². The van der Waals surface area contributed by atoms with Crippen molar-refractivity contribution in [3.8, 4) is 5.69 Å². The summed E-state index contributed by atoms with van der Waals surface area (Å²) >= 11 is 1.35. The van der Waals surface area contributed by atoms with Crippen LogP contribution in [0.1, 0.15) is 42.6 Å². The van der Waals surface area contributed by atoms with E-state index in [1.165, 1.54) is 23.7 Å². The standard InChI is InChI=1S/C22H25N5O2S/c1-16-8-6-12-20(17(16)2)27-22(23-24-25-27)30-15-21(28)26(14-19-11-7-13-29-19)18-9-4-3-5-10-18/h6-9,11-13H,3-5,10,14-15H2,1-2H3. The smallest absolute Gasteiger partial charge is 0.237 e. The molecule has 8 heteroatoms. The molecule has 156 valence electrons. The lowest BCUT2D eigenvalue weighted by atomic mass is 10.0. The molecule has 0 atom stereocenters. The number of aromatic nitrogens is 4. The fourth-order valence-corrected chi connectivity index (χ4v) is 4.32. The summed E-state index contributed by atoms with van der Waals surface area (Å²) in [4.78, 5) is 15.0.